The molecule has 0 amide bonds. The zero-order valence-electron chi connectivity index (χ0n) is 11.5. The summed E-state index contributed by atoms with van der Waals surface area (Å²) in [5.41, 5.74) is 8.42. The molecule has 1 aromatic heterocycles. The number of rotatable bonds is 5. The van der Waals surface area contributed by atoms with Crippen LogP contribution in [-0.2, 0) is 0 Å². The van der Waals surface area contributed by atoms with E-state index in [-0.39, 0.29) is 0 Å². The molecule has 0 radical (unpaired) electrons. The molecule has 5 heteroatoms. The van der Waals surface area contributed by atoms with Gasteiger partial charge in [0.15, 0.2) is 0 Å². The van der Waals surface area contributed by atoms with Gasteiger partial charge < -0.3 is 15.8 Å². The lowest BCUT2D eigenvalue weighted by Gasteiger charge is -2.13. The maximum atomic E-state index is 5.77. The third kappa shape index (κ3) is 3.24. The summed E-state index contributed by atoms with van der Waals surface area (Å²) in [4.78, 5) is 4.64. The summed E-state index contributed by atoms with van der Waals surface area (Å²) in [5.74, 6) is 1.47. The molecule has 2 aromatic rings. The third-order valence-corrected chi connectivity index (χ3v) is 3.02. The number of hydrogen-bond acceptors (Lipinski definition) is 4. The average Bonchev–Trinajstić information content (AvgIpc) is 2.39. The number of hydrogen-bond donors (Lipinski definition) is 2. The largest absolute Gasteiger partial charge is 0.494 e. The normalized spacial score (nSPS) is 10.1. The van der Waals surface area contributed by atoms with Crippen molar-refractivity contribution in [1.29, 1.82) is 0 Å². The summed E-state index contributed by atoms with van der Waals surface area (Å²) in [6, 6.07) is 9.57. The molecule has 0 saturated carbocycles. The second-order valence-corrected chi connectivity index (χ2v) is 4.74. The quantitative estimate of drug-likeness (QED) is 0.827. The van der Waals surface area contributed by atoms with Gasteiger partial charge in [0.1, 0.15) is 16.6 Å². The summed E-state index contributed by atoms with van der Waals surface area (Å²) in [6.07, 6.45) is 1.73. The van der Waals surface area contributed by atoms with Gasteiger partial charge in [-0.05, 0) is 37.6 Å². The molecule has 3 N–H and O–H groups in total. The van der Waals surface area contributed by atoms with Crippen LogP contribution >= 0.6 is 12.2 Å². The summed E-state index contributed by atoms with van der Waals surface area (Å²) in [5, 5.41) is 3.23. The maximum Gasteiger partial charge on any atom is 0.140 e. The molecule has 0 aliphatic heterocycles. The van der Waals surface area contributed by atoms with Gasteiger partial charge in [-0.1, -0.05) is 18.3 Å². The topological polar surface area (TPSA) is 60.2 Å². The molecule has 20 heavy (non-hydrogen) atoms. The van der Waals surface area contributed by atoms with E-state index in [2.05, 4.69) is 10.3 Å². The molecule has 0 unspecified atom stereocenters. The van der Waals surface area contributed by atoms with Crippen molar-refractivity contribution in [2.24, 2.45) is 5.73 Å². The van der Waals surface area contributed by atoms with Gasteiger partial charge in [-0.2, -0.15) is 0 Å². The van der Waals surface area contributed by atoms with E-state index in [1.54, 1.807) is 6.20 Å². The van der Waals surface area contributed by atoms with E-state index in [0.29, 0.717) is 17.4 Å². The van der Waals surface area contributed by atoms with Crippen LogP contribution < -0.4 is 15.8 Å². The second-order valence-electron chi connectivity index (χ2n) is 4.30. The fourth-order valence-electron chi connectivity index (χ4n) is 1.93. The van der Waals surface area contributed by atoms with Crippen molar-refractivity contribution in [2.45, 2.75) is 13.8 Å². The summed E-state index contributed by atoms with van der Waals surface area (Å²) in [6.45, 7) is 4.54. The molecule has 0 aliphatic carbocycles. The van der Waals surface area contributed by atoms with Crippen molar-refractivity contribution >= 4 is 28.7 Å². The molecular formula is C15H17N3OS. The Labute approximate surface area is 124 Å². The van der Waals surface area contributed by atoms with Crippen molar-refractivity contribution in [2.75, 3.05) is 11.9 Å². The Hall–Kier alpha value is -2.14. The van der Waals surface area contributed by atoms with Gasteiger partial charge in [-0.25, -0.2) is 4.98 Å². The Morgan fingerprint density at radius 2 is 2.20 bits per heavy atom. The third-order valence-electron chi connectivity index (χ3n) is 2.81. The van der Waals surface area contributed by atoms with Gasteiger partial charge in [0.05, 0.1) is 12.2 Å². The van der Waals surface area contributed by atoms with Crippen LogP contribution in [0.25, 0.3) is 0 Å². The Morgan fingerprint density at radius 3 is 2.90 bits per heavy atom. The van der Waals surface area contributed by atoms with E-state index in [9.17, 15) is 0 Å². The van der Waals surface area contributed by atoms with E-state index in [4.69, 9.17) is 22.7 Å². The fraction of sp³-hybridized carbons (Fsp3) is 0.200. The van der Waals surface area contributed by atoms with Gasteiger partial charge >= 0.3 is 0 Å². The number of nitrogens with two attached hydrogens (primary N) is 1. The molecule has 0 spiro atoms. The molecule has 2 rings (SSSR count). The summed E-state index contributed by atoms with van der Waals surface area (Å²) in [7, 11) is 0. The summed E-state index contributed by atoms with van der Waals surface area (Å²) < 4.78 is 5.47. The Morgan fingerprint density at radius 1 is 1.40 bits per heavy atom. The first-order valence-corrected chi connectivity index (χ1v) is 6.78. The molecule has 1 aromatic carbocycles. The van der Waals surface area contributed by atoms with E-state index < -0.39 is 0 Å². The monoisotopic (exact) mass is 287 g/mol. The van der Waals surface area contributed by atoms with Crippen LogP contribution in [0.4, 0.5) is 11.5 Å². The second kappa shape index (κ2) is 6.34. The van der Waals surface area contributed by atoms with Gasteiger partial charge in [0, 0.05) is 18.0 Å². The number of pyridine rings is 1. The van der Waals surface area contributed by atoms with E-state index in [1.807, 2.05) is 44.2 Å². The molecule has 0 bridgehead atoms. The van der Waals surface area contributed by atoms with Crippen LogP contribution in [-0.4, -0.2) is 16.6 Å². The predicted molar refractivity (Wildman–Crippen MR) is 85.8 cm³/mol. The predicted octanol–water partition coefficient (Wildman–Crippen LogP) is 3.17. The van der Waals surface area contributed by atoms with Gasteiger partial charge in [0.2, 0.25) is 0 Å². The Kier molecular flexibility index (Phi) is 4.53. The van der Waals surface area contributed by atoms with Crippen LogP contribution in [0.2, 0.25) is 0 Å². The molecule has 0 atom stereocenters. The highest BCUT2D eigenvalue weighted by molar-refractivity contribution is 7.80. The van der Waals surface area contributed by atoms with E-state index in [0.717, 1.165) is 22.6 Å². The number of aromatic nitrogens is 1. The lowest BCUT2D eigenvalue weighted by atomic mass is 10.1. The Balaban J connectivity index is 2.32. The number of thiocarbonyl (C=S) groups is 1. The van der Waals surface area contributed by atoms with Gasteiger partial charge in [-0.15, -0.1) is 0 Å². The highest BCUT2D eigenvalue weighted by Crippen LogP contribution is 2.24. The minimum absolute atomic E-state index is 0.332. The van der Waals surface area contributed by atoms with E-state index in [1.165, 1.54) is 0 Å². The number of nitrogens with zero attached hydrogens (tertiary/aromatic N) is 1. The minimum atomic E-state index is 0.332. The van der Waals surface area contributed by atoms with Crippen molar-refractivity contribution in [3.05, 3.63) is 47.7 Å². The molecule has 0 aliphatic rings. The van der Waals surface area contributed by atoms with Crippen LogP contribution in [0.15, 0.2) is 36.5 Å². The molecule has 4 nitrogen and oxygen atoms in total. The van der Waals surface area contributed by atoms with Crippen LogP contribution in [0.5, 0.6) is 5.75 Å². The van der Waals surface area contributed by atoms with Crippen LogP contribution in [0.3, 0.4) is 0 Å². The standard InChI is InChI=1S/C15H17N3OS/c1-3-19-12-6-4-5-11(9-12)18-15-13(14(16)20)10(2)7-8-17-15/h4-9H,3H2,1-2H3,(H2,16,20)(H,17,18). The summed E-state index contributed by atoms with van der Waals surface area (Å²) >= 11 is 5.09. The smallest absolute Gasteiger partial charge is 0.140 e. The first-order chi connectivity index (χ1) is 9.61. The number of ether oxygens (including phenoxy) is 1. The first kappa shape index (κ1) is 14.3. The van der Waals surface area contributed by atoms with Crippen molar-refractivity contribution in [3.8, 4) is 5.75 Å². The highest BCUT2D eigenvalue weighted by Gasteiger charge is 2.10. The van der Waals surface area contributed by atoms with Crippen LogP contribution in [0, 0.1) is 6.92 Å². The van der Waals surface area contributed by atoms with E-state index >= 15 is 0 Å². The van der Waals surface area contributed by atoms with Crippen molar-refractivity contribution < 1.29 is 4.74 Å². The number of aryl methyl sites for hydroxylation is 1. The fourth-order valence-corrected chi connectivity index (χ4v) is 2.19. The zero-order chi connectivity index (χ0) is 14.5. The minimum Gasteiger partial charge on any atom is -0.494 e. The molecule has 0 saturated heterocycles. The number of nitrogens with one attached hydrogen (secondary N) is 1. The SMILES string of the molecule is CCOc1cccc(Nc2nccc(C)c2C(N)=S)c1. The molecule has 0 fully saturated rings. The Bertz CT molecular complexity index is 628. The van der Waals surface area contributed by atoms with Gasteiger partial charge in [-0.3, -0.25) is 0 Å². The maximum absolute atomic E-state index is 5.77. The average molecular weight is 287 g/mol. The van der Waals surface area contributed by atoms with Gasteiger partial charge in [0.25, 0.3) is 0 Å². The van der Waals surface area contributed by atoms with Crippen LogP contribution in [0.1, 0.15) is 18.1 Å². The lowest BCUT2D eigenvalue weighted by Crippen LogP contribution is -2.14. The van der Waals surface area contributed by atoms with Crippen molar-refractivity contribution in [1.82, 2.24) is 4.98 Å². The molecule has 104 valence electrons. The molecular weight excluding hydrogens is 270 g/mol. The lowest BCUT2D eigenvalue weighted by molar-refractivity contribution is 0.340. The first-order valence-electron chi connectivity index (χ1n) is 6.37. The molecule has 1 heterocycles. The number of anilines is 2. The van der Waals surface area contributed by atoms with Crippen molar-refractivity contribution in [3.63, 3.8) is 0 Å². The number of benzene rings is 1. The highest BCUT2D eigenvalue weighted by atomic mass is 32.1. The zero-order valence-corrected chi connectivity index (χ0v) is 12.3.